The van der Waals surface area contributed by atoms with Crippen LogP contribution in [0, 0.1) is 5.92 Å². The molecule has 0 spiro atoms. The van der Waals surface area contributed by atoms with Crippen LogP contribution in [0.1, 0.15) is 56.7 Å². The van der Waals surface area contributed by atoms with Crippen LogP contribution in [-0.2, 0) is 11.3 Å². The first-order chi connectivity index (χ1) is 9.72. The molecule has 1 unspecified atom stereocenters. The molecule has 1 saturated carbocycles. The first-order valence-corrected chi connectivity index (χ1v) is 8.40. The molecule has 2 rings (SSSR count). The van der Waals surface area contributed by atoms with E-state index in [4.69, 9.17) is 4.74 Å². The number of aliphatic hydroxyl groups is 1. The quantitative estimate of drug-likeness (QED) is 0.800. The van der Waals surface area contributed by atoms with Gasteiger partial charge in [-0.2, -0.15) is 5.10 Å². The van der Waals surface area contributed by atoms with Crippen molar-refractivity contribution in [3.8, 4) is 0 Å². The zero-order valence-corrected chi connectivity index (χ0v) is 13.8. The number of hydrogen-bond acceptors (Lipinski definition) is 3. The van der Waals surface area contributed by atoms with Gasteiger partial charge < -0.3 is 9.84 Å². The lowest BCUT2D eigenvalue weighted by atomic mass is 9.92. The highest BCUT2D eigenvalue weighted by atomic mass is 79.9. The van der Waals surface area contributed by atoms with Gasteiger partial charge in [0.1, 0.15) is 0 Å². The Balaban J connectivity index is 2.00. The summed E-state index contributed by atoms with van der Waals surface area (Å²) < 4.78 is 7.85. The summed E-state index contributed by atoms with van der Waals surface area (Å²) in [4.78, 5) is 0. The van der Waals surface area contributed by atoms with Crippen LogP contribution in [-0.4, -0.2) is 28.6 Å². The second kappa shape index (κ2) is 8.15. The minimum atomic E-state index is -0.438. The largest absolute Gasteiger partial charge is 0.387 e. The van der Waals surface area contributed by atoms with Crippen molar-refractivity contribution in [1.29, 1.82) is 0 Å². The van der Waals surface area contributed by atoms with Gasteiger partial charge in [-0.15, -0.1) is 0 Å². The molecule has 1 heterocycles. The van der Waals surface area contributed by atoms with E-state index in [9.17, 15) is 5.11 Å². The second-order valence-corrected chi connectivity index (χ2v) is 6.56. The Hall–Kier alpha value is -0.390. The Morgan fingerprint density at radius 1 is 1.40 bits per heavy atom. The minimum Gasteiger partial charge on any atom is -0.387 e. The lowest BCUT2D eigenvalue weighted by molar-refractivity contribution is 0.123. The molecule has 0 amide bonds. The Bertz CT molecular complexity index is 401. The van der Waals surface area contributed by atoms with Gasteiger partial charge in [-0.1, -0.05) is 38.5 Å². The van der Waals surface area contributed by atoms with E-state index >= 15 is 0 Å². The normalized spacial score (nSPS) is 18.9. The molecule has 1 aromatic rings. The van der Waals surface area contributed by atoms with Crippen molar-refractivity contribution in [3.63, 3.8) is 0 Å². The maximum atomic E-state index is 10.6. The first kappa shape index (κ1) is 16.0. The monoisotopic (exact) mass is 344 g/mol. The maximum absolute atomic E-state index is 10.6. The Morgan fingerprint density at radius 2 is 2.10 bits per heavy atom. The number of hydrogen-bond donors (Lipinski definition) is 1. The molecule has 0 aromatic carbocycles. The van der Waals surface area contributed by atoms with E-state index in [0.29, 0.717) is 19.1 Å². The highest BCUT2D eigenvalue weighted by molar-refractivity contribution is 9.10. The lowest BCUT2D eigenvalue weighted by Crippen LogP contribution is -2.15. The molecule has 114 valence electrons. The average molecular weight is 345 g/mol. The molecule has 1 atom stereocenters. The summed E-state index contributed by atoms with van der Waals surface area (Å²) in [6.45, 7) is 1.29. The number of methoxy groups -OCH3 is 1. The van der Waals surface area contributed by atoms with Gasteiger partial charge in [0.05, 0.1) is 35.6 Å². The average Bonchev–Trinajstić information content (AvgIpc) is 2.63. The molecule has 1 aromatic heterocycles. The fraction of sp³-hybridized carbons (Fsp3) is 0.800. The summed E-state index contributed by atoms with van der Waals surface area (Å²) in [6, 6.07) is 0. The smallest absolute Gasteiger partial charge is 0.0970 e. The molecule has 1 aliphatic carbocycles. The van der Waals surface area contributed by atoms with E-state index in [1.165, 1.54) is 38.5 Å². The van der Waals surface area contributed by atoms with Crippen LogP contribution in [0.15, 0.2) is 10.7 Å². The van der Waals surface area contributed by atoms with Crippen LogP contribution >= 0.6 is 15.9 Å². The third-order valence-corrected chi connectivity index (χ3v) is 4.80. The van der Waals surface area contributed by atoms with Gasteiger partial charge in [-0.3, -0.25) is 4.68 Å². The highest BCUT2D eigenvalue weighted by Gasteiger charge is 2.22. The molecule has 0 saturated heterocycles. The molecule has 1 N–H and O–H groups in total. The molecule has 0 aliphatic heterocycles. The van der Waals surface area contributed by atoms with Crippen molar-refractivity contribution >= 4 is 15.9 Å². The van der Waals surface area contributed by atoms with Crippen LogP contribution in [0.5, 0.6) is 0 Å². The van der Waals surface area contributed by atoms with Gasteiger partial charge in [0.2, 0.25) is 0 Å². The van der Waals surface area contributed by atoms with E-state index in [1.807, 2.05) is 4.68 Å². The third kappa shape index (κ3) is 4.30. The summed E-state index contributed by atoms with van der Waals surface area (Å²) in [7, 11) is 1.68. The molecule has 4 nitrogen and oxygen atoms in total. The fourth-order valence-electron chi connectivity index (χ4n) is 3.09. The van der Waals surface area contributed by atoms with Crippen molar-refractivity contribution in [1.82, 2.24) is 9.78 Å². The van der Waals surface area contributed by atoms with E-state index in [-0.39, 0.29) is 0 Å². The zero-order valence-electron chi connectivity index (χ0n) is 12.2. The molecule has 0 radical (unpaired) electrons. The molecular weight excluding hydrogens is 320 g/mol. The van der Waals surface area contributed by atoms with E-state index in [2.05, 4.69) is 21.0 Å². The van der Waals surface area contributed by atoms with Crippen LogP contribution in [0.3, 0.4) is 0 Å². The number of nitrogens with zero attached hydrogens (tertiary/aromatic N) is 2. The summed E-state index contributed by atoms with van der Waals surface area (Å²) in [5.74, 6) is 0.644. The molecule has 5 heteroatoms. The predicted octanol–water partition coefficient (Wildman–Crippen LogP) is 3.69. The van der Waals surface area contributed by atoms with Crippen molar-refractivity contribution in [2.45, 2.75) is 57.6 Å². The second-order valence-electron chi connectivity index (χ2n) is 5.70. The van der Waals surface area contributed by atoms with Gasteiger partial charge in [0.25, 0.3) is 0 Å². The summed E-state index contributed by atoms with van der Waals surface area (Å²) in [5.41, 5.74) is 0.895. The van der Waals surface area contributed by atoms with Crippen LogP contribution in [0.25, 0.3) is 0 Å². The summed E-state index contributed by atoms with van der Waals surface area (Å²) in [6.07, 6.45) is 9.99. The van der Waals surface area contributed by atoms with Gasteiger partial charge in [-0.25, -0.2) is 0 Å². The Morgan fingerprint density at radius 3 is 2.75 bits per heavy atom. The number of aromatic nitrogens is 2. The Kier molecular flexibility index (Phi) is 6.52. The number of ether oxygens (including phenoxy) is 1. The van der Waals surface area contributed by atoms with E-state index in [0.717, 1.165) is 16.6 Å². The topological polar surface area (TPSA) is 47.3 Å². The van der Waals surface area contributed by atoms with Crippen LogP contribution in [0.2, 0.25) is 0 Å². The van der Waals surface area contributed by atoms with E-state index in [1.54, 1.807) is 13.3 Å². The lowest BCUT2D eigenvalue weighted by Gasteiger charge is -2.20. The summed E-state index contributed by atoms with van der Waals surface area (Å²) in [5, 5.41) is 14.9. The maximum Gasteiger partial charge on any atom is 0.0970 e. The van der Waals surface area contributed by atoms with Gasteiger partial charge in [0.15, 0.2) is 0 Å². The first-order valence-electron chi connectivity index (χ1n) is 7.60. The molecule has 1 aliphatic rings. The van der Waals surface area contributed by atoms with Gasteiger partial charge in [-0.05, 0) is 28.3 Å². The third-order valence-electron chi connectivity index (χ3n) is 4.19. The number of rotatable bonds is 6. The molecular formula is C15H25BrN2O2. The number of halogens is 1. The highest BCUT2D eigenvalue weighted by Crippen LogP contribution is 2.33. The Labute approximate surface area is 129 Å². The van der Waals surface area contributed by atoms with Crippen LogP contribution in [0.4, 0.5) is 0 Å². The van der Waals surface area contributed by atoms with Crippen molar-refractivity contribution in [2.24, 2.45) is 5.92 Å². The molecule has 0 bridgehead atoms. The predicted molar refractivity (Wildman–Crippen MR) is 82.6 cm³/mol. The van der Waals surface area contributed by atoms with Gasteiger partial charge in [0, 0.05) is 7.11 Å². The molecule has 1 fully saturated rings. The van der Waals surface area contributed by atoms with E-state index < -0.39 is 6.10 Å². The standard InChI is InChI=1S/C15H25BrN2O2/c1-20-9-8-18-15(13(16)11-17-18)14(19)10-12-6-4-2-3-5-7-12/h11-12,14,19H,2-10H2,1H3. The molecule has 20 heavy (non-hydrogen) atoms. The van der Waals surface area contributed by atoms with Crippen molar-refractivity contribution in [3.05, 3.63) is 16.4 Å². The summed E-state index contributed by atoms with van der Waals surface area (Å²) >= 11 is 3.51. The minimum absolute atomic E-state index is 0.438. The SMILES string of the molecule is COCCn1ncc(Br)c1C(O)CC1CCCCCC1. The van der Waals surface area contributed by atoms with Gasteiger partial charge >= 0.3 is 0 Å². The van der Waals surface area contributed by atoms with Crippen molar-refractivity contribution in [2.75, 3.05) is 13.7 Å². The number of aliphatic hydroxyl groups excluding tert-OH is 1. The van der Waals surface area contributed by atoms with Crippen LogP contribution < -0.4 is 0 Å². The fourth-order valence-corrected chi connectivity index (χ4v) is 3.65. The zero-order chi connectivity index (χ0) is 14.4. The van der Waals surface area contributed by atoms with Crippen molar-refractivity contribution < 1.29 is 9.84 Å².